The zero-order valence-corrected chi connectivity index (χ0v) is 12.5. The third kappa shape index (κ3) is 3.37. The minimum Gasteiger partial charge on any atom is -0.393 e. The lowest BCUT2D eigenvalue weighted by atomic mass is 9.92. The second kappa shape index (κ2) is 6.53. The Bertz CT molecular complexity index is 402. The normalized spacial score (nSPS) is 24.8. The molecule has 1 saturated heterocycles. The highest BCUT2D eigenvalue weighted by Crippen LogP contribution is 2.21. The largest absolute Gasteiger partial charge is 0.393 e. The van der Waals surface area contributed by atoms with Gasteiger partial charge in [-0.05, 0) is 38.2 Å². The number of piperidine rings is 1. The second-order valence-corrected chi connectivity index (χ2v) is 5.56. The van der Waals surface area contributed by atoms with Crippen molar-refractivity contribution in [3.8, 4) is 0 Å². The van der Waals surface area contributed by atoms with Gasteiger partial charge < -0.3 is 5.11 Å². The SMILES string of the molecule is CCc1cc(CN2CCC(O)C(CC)C2)n(CC)n1. The molecule has 108 valence electrons. The van der Waals surface area contributed by atoms with Gasteiger partial charge in [0.05, 0.1) is 17.5 Å². The Morgan fingerprint density at radius 3 is 2.79 bits per heavy atom. The fraction of sp³-hybridized carbons (Fsp3) is 0.800. The average Bonchev–Trinajstić information content (AvgIpc) is 2.83. The summed E-state index contributed by atoms with van der Waals surface area (Å²) in [5.41, 5.74) is 2.49. The average molecular weight is 265 g/mol. The summed E-state index contributed by atoms with van der Waals surface area (Å²) in [4.78, 5) is 2.46. The number of aromatic nitrogens is 2. The molecule has 0 saturated carbocycles. The van der Waals surface area contributed by atoms with E-state index in [9.17, 15) is 5.11 Å². The van der Waals surface area contributed by atoms with Crippen molar-refractivity contribution in [2.24, 2.45) is 5.92 Å². The van der Waals surface area contributed by atoms with Crippen molar-refractivity contribution >= 4 is 0 Å². The summed E-state index contributed by atoms with van der Waals surface area (Å²) in [6.45, 7) is 10.4. The van der Waals surface area contributed by atoms with Crippen molar-refractivity contribution in [2.75, 3.05) is 13.1 Å². The molecule has 1 aromatic heterocycles. The number of nitrogens with zero attached hydrogens (tertiary/aromatic N) is 3. The number of hydrogen-bond acceptors (Lipinski definition) is 3. The van der Waals surface area contributed by atoms with Crippen LogP contribution in [0.25, 0.3) is 0 Å². The maximum atomic E-state index is 9.95. The third-order valence-electron chi connectivity index (χ3n) is 4.26. The summed E-state index contributed by atoms with van der Waals surface area (Å²) >= 11 is 0. The van der Waals surface area contributed by atoms with Crippen LogP contribution in [0.15, 0.2) is 6.07 Å². The first-order valence-electron chi connectivity index (χ1n) is 7.63. The van der Waals surface area contributed by atoms with E-state index < -0.39 is 0 Å². The Morgan fingerprint density at radius 2 is 2.16 bits per heavy atom. The number of aliphatic hydroxyl groups excluding tert-OH is 1. The molecule has 0 radical (unpaired) electrons. The molecule has 0 spiro atoms. The Kier molecular flexibility index (Phi) is 4.99. The van der Waals surface area contributed by atoms with E-state index >= 15 is 0 Å². The highest BCUT2D eigenvalue weighted by atomic mass is 16.3. The zero-order chi connectivity index (χ0) is 13.8. The molecule has 2 rings (SSSR count). The Balaban J connectivity index is 2.02. The number of likely N-dealkylation sites (tertiary alicyclic amines) is 1. The van der Waals surface area contributed by atoms with Crippen LogP contribution in [0.4, 0.5) is 0 Å². The van der Waals surface area contributed by atoms with Gasteiger partial charge in [0, 0.05) is 26.2 Å². The minimum atomic E-state index is -0.108. The zero-order valence-electron chi connectivity index (χ0n) is 12.5. The van der Waals surface area contributed by atoms with E-state index in [0.29, 0.717) is 5.92 Å². The summed E-state index contributed by atoms with van der Waals surface area (Å²) in [6.07, 6.45) is 2.85. The van der Waals surface area contributed by atoms with Crippen molar-refractivity contribution in [3.63, 3.8) is 0 Å². The quantitative estimate of drug-likeness (QED) is 0.886. The van der Waals surface area contributed by atoms with Crippen LogP contribution in [0, 0.1) is 5.92 Å². The van der Waals surface area contributed by atoms with Crippen LogP contribution in [0.3, 0.4) is 0 Å². The molecule has 1 aromatic rings. The van der Waals surface area contributed by atoms with E-state index in [1.165, 1.54) is 11.4 Å². The van der Waals surface area contributed by atoms with Crippen molar-refractivity contribution in [1.29, 1.82) is 0 Å². The molecule has 19 heavy (non-hydrogen) atoms. The van der Waals surface area contributed by atoms with Crippen LogP contribution in [0.2, 0.25) is 0 Å². The summed E-state index contributed by atoms with van der Waals surface area (Å²) in [5, 5.41) is 14.6. The van der Waals surface area contributed by atoms with E-state index in [1.807, 2.05) is 0 Å². The molecule has 0 bridgehead atoms. The van der Waals surface area contributed by atoms with Crippen molar-refractivity contribution in [1.82, 2.24) is 14.7 Å². The highest BCUT2D eigenvalue weighted by molar-refractivity contribution is 5.10. The van der Waals surface area contributed by atoms with Gasteiger partial charge in [0.1, 0.15) is 0 Å². The van der Waals surface area contributed by atoms with Gasteiger partial charge in [-0.25, -0.2) is 0 Å². The third-order valence-corrected chi connectivity index (χ3v) is 4.26. The molecule has 0 aliphatic carbocycles. The maximum Gasteiger partial charge on any atom is 0.0625 e. The Labute approximate surface area is 116 Å². The number of hydrogen-bond donors (Lipinski definition) is 1. The fourth-order valence-electron chi connectivity index (χ4n) is 2.96. The van der Waals surface area contributed by atoms with Crippen molar-refractivity contribution in [3.05, 3.63) is 17.5 Å². The van der Waals surface area contributed by atoms with Gasteiger partial charge in [-0.2, -0.15) is 5.10 Å². The van der Waals surface area contributed by atoms with Gasteiger partial charge in [0.15, 0.2) is 0 Å². The summed E-state index contributed by atoms with van der Waals surface area (Å²) < 4.78 is 2.12. The Hall–Kier alpha value is -0.870. The van der Waals surface area contributed by atoms with Crippen molar-refractivity contribution in [2.45, 2.75) is 59.2 Å². The molecule has 2 atom stereocenters. The lowest BCUT2D eigenvalue weighted by Crippen LogP contribution is -2.42. The van der Waals surface area contributed by atoms with Gasteiger partial charge in [0.2, 0.25) is 0 Å². The van der Waals surface area contributed by atoms with Crippen LogP contribution in [0.5, 0.6) is 0 Å². The maximum absolute atomic E-state index is 9.95. The van der Waals surface area contributed by atoms with Crippen LogP contribution in [-0.4, -0.2) is 39.0 Å². The van der Waals surface area contributed by atoms with E-state index in [2.05, 4.69) is 41.5 Å². The number of aryl methyl sites for hydroxylation is 2. The lowest BCUT2D eigenvalue weighted by molar-refractivity contribution is 0.0213. The van der Waals surface area contributed by atoms with Gasteiger partial charge in [-0.15, -0.1) is 0 Å². The minimum absolute atomic E-state index is 0.108. The van der Waals surface area contributed by atoms with Crippen molar-refractivity contribution < 1.29 is 5.11 Å². The number of rotatable bonds is 5. The second-order valence-electron chi connectivity index (χ2n) is 5.56. The molecule has 2 heterocycles. The molecular weight excluding hydrogens is 238 g/mol. The predicted octanol–water partition coefficient (Wildman–Crippen LogP) is 2.06. The van der Waals surface area contributed by atoms with Crippen LogP contribution in [-0.2, 0) is 19.5 Å². The first-order chi connectivity index (χ1) is 9.17. The molecule has 2 unspecified atom stereocenters. The monoisotopic (exact) mass is 265 g/mol. The molecule has 1 aliphatic rings. The molecule has 1 aliphatic heterocycles. The van der Waals surface area contributed by atoms with E-state index in [4.69, 9.17) is 0 Å². The number of aliphatic hydroxyl groups is 1. The fourth-order valence-corrected chi connectivity index (χ4v) is 2.96. The molecule has 1 fully saturated rings. The molecule has 4 nitrogen and oxygen atoms in total. The summed E-state index contributed by atoms with van der Waals surface area (Å²) in [6, 6.07) is 2.23. The van der Waals surface area contributed by atoms with Gasteiger partial charge in [0.25, 0.3) is 0 Å². The van der Waals surface area contributed by atoms with Crippen LogP contribution < -0.4 is 0 Å². The van der Waals surface area contributed by atoms with E-state index in [-0.39, 0.29) is 6.10 Å². The highest BCUT2D eigenvalue weighted by Gasteiger charge is 2.26. The predicted molar refractivity (Wildman–Crippen MR) is 77.0 cm³/mol. The first kappa shape index (κ1) is 14.5. The molecule has 4 heteroatoms. The van der Waals surface area contributed by atoms with Crippen LogP contribution >= 0.6 is 0 Å². The molecule has 0 aromatic carbocycles. The Morgan fingerprint density at radius 1 is 1.37 bits per heavy atom. The topological polar surface area (TPSA) is 41.3 Å². The molecule has 1 N–H and O–H groups in total. The van der Waals surface area contributed by atoms with Crippen LogP contribution in [0.1, 0.15) is 45.0 Å². The first-order valence-corrected chi connectivity index (χ1v) is 7.63. The summed E-state index contributed by atoms with van der Waals surface area (Å²) in [7, 11) is 0. The van der Waals surface area contributed by atoms with E-state index in [0.717, 1.165) is 45.4 Å². The lowest BCUT2D eigenvalue weighted by Gasteiger charge is -2.35. The molecular formula is C15H27N3O. The standard InChI is InChI=1S/C15H27N3O/c1-4-12-10-17(8-7-15(12)19)11-14-9-13(5-2)16-18(14)6-3/h9,12,15,19H,4-8,10-11H2,1-3H3. The summed E-state index contributed by atoms with van der Waals surface area (Å²) in [5.74, 6) is 0.428. The van der Waals surface area contributed by atoms with E-state index in [1.54, 1.807) is 0 Å². The van der Waals surface area contributed by atoms with Gasteiger partial charge >= 0.3 is 0 Å². The smallest absolute Gasteiger partial charge is 0.0625 e. The molecule has 0 amide bonds. The van der Waals surface area contributed by atoms with Gasteiger partial charge in [-0.1, -0.05) is 13.8 Å². The van der Waals surface area contributed by atoms with Gasteiger partial charge in [-0.3, -0.25) is 9.58 Å².